The monoisotopic (exact) mass is 265 g/mol. The van der Waals surface area contributed by atoms with E-state index in [9.17, 15) is 4.79 Å². The summed E-state index contributed by atoms with van der Waals surface area (Å²) in [5, 5.41) is 0. The second-order valence-electron chi connectivity index (χ2n) is 4.61. The van der Waals surface area contributed by atoms with Gasteiger partial charge in [0.1, 0.15) is 5.75 Å². The quantitative estimate of drug-likeness (QED) is 0.322. The molecule has 106 valence electrons. The zero-order valence-corrected chi connectivity index (χ0v) is 11.7. The van der Waals surface area contributed by atoms with Crippen LogP contribution in [-0.4, -0.2) is 31.5 Å². The Balaban J connectivity index is 2.26. The summed E-state index contributed by atoms with van der Waals surface area (Å²) in [6.45, 7) is 1.83. The number of hydrogen-bond acceptors (Lipinski definition) is 4. The molecule has 0 unspecified atom stereocenters. The van der Waals surface area contributed by atoms with E-state index in [0.717, 1.165) is 31.7 Å². The lowest BCUT2D eigenvalue weighted by atomic mass is 10.2. The van der Waals surface area contributed by atoms with Gasteiger partial charge in [-0.1, -0.05) is 12.1 Å². The molecule has 19 heavy (non-hydrogen) atoms. The molecule has 0 heterocycles. The lowest BCUT2D eigenvalue weighted by Gasteiger charge is -2.16. The number of amides is 1. The Hall–Kier alpha value is -1.59. The van der Waals surface area contributed by atoms with Crippen molar-refractivity contribution < 1.29 is 9.53 Å². The van der Waals surface area contributed by atoms with Gasteiger partial charge in [-0.2, -0.15) is 0 Å². The van der Waals surface area contributed by atoms with Crippen molar-refractivity contribution in [2.24, 2.45) is 5.84 Å². The number of carbonyl (C=O) groups is 1. The first kappa shape index (κ1) is 15.5. The van der Waals surface area contributed by atoms with E-state index in [2.05, 4.69) is 23.4 Å². The third kappa shape index (κ3) is 6.22. The van der Waals surface area contributed by atoms with Crippen LogP contribution in [0.2, 0.25) is 0 Å². The van der Waals surface area contributed by atoms with Gasteiger partial charge in [0.15, 0.2) is 0 Å². The number of benzene rings is 1. The van der Waals surface area contributed by atoms with Gasteiger partial charge in [-0.25, -0.2) is 5.84 Å². The Kier molecular flexibility index (Phi) is 6.92. The van der Waals surface area contributed by atoms with E-state index in [-0.39, 0.29) is 5.91 Å². The van der Waals surface area contributed by atoms with Gasteiger partial charge in [0.05, 0.1) is 7.11 Å². The molecule has 1 aromatic rings. The van der Waals surface area contributed by atoms with Gasteiger partial charge in [0.2, 0.25) is 5.91 Å². The van der Waals surface area contributed by atoms with Crippen molar-refractivity contribution in [2.75, 3.05) is 20.7 Å². The zero-order valence-electron chi connectivity index (χ0n) is 11.7. The number of nitrogens with zero attached hydrogens (tertiary/aromatic N) is 1. The van der Waals surface area contributed by atoms with Gasteiger partial charge in [-0.15, -0.1) is 0 Å². The lowest BCUT2D eigenvalue weighted by molar-refractivity contribution is -0.121. The van der Waals surface area contributed by atoms with E-state index < -0.39 is 0 Å². The van der Waals surface area contributed by atoms with Gasteiger partial charge in [-0.3, -0.25) is 10.2 Å². The standard InChI is InChI=1S/C14H23N3O2/c1-17(9-4-3-8-14(18)16-15)11-12-6-5-7-13(10-12)19-2/h5-7,10H,3-4,8-9,11,15H2,1-2H3,(H,16,18). The Labute approximate surface area is 114 Å². The molecular formula is C14H23N3O2. The summed E-state index contributed by atoms with van der Waals surface area (Å²) < 4.78 is 5.20. The summed E-state index contributed by atoms with van der Waals surface area (Å²) in [7, 11) is 3.74. The molecule has 0 fully saturated rings. The molecule has 0 aliphatic rings. The maximum atomic E-state index is 11.0. The van der Waals surface area contributed by atoms with Crippen LogP contribution in [0, 0.1) is 0 Å². The Morgan fingerprint density at radius 2 is 2.21 bits per heavy atom. The van der Waals surface area contributed by atoms with E-state index in [4.69, 9.17) is 10.6 Å². The highest BCUT2D eigenvalue weighted by atomic mass is 16.5. The summed E-state index contributed by atoms with van der Waals surface area (Å²) in [5.41, 5.74) is 3.36. The minimum atomic E-state index is -0.101. The number of nitrogens with one attached hydrogen (secondary N) is 1. The van der Waals surface area contributed by atoms with Gasteiger partial charge in [0, 0.05) is 13.0 Å². The summed E-state index contributed by atoms with van der Waals surface area (Å²) in [6, 6.07) is 8.06. The van der Waals surface area contributed by atoms with E-state index in [1.54, 1.807) is 7.11 Å². The predicted molar refractivity (Wildman–Crippen MR) is 75.5 cm³/mol. The summed E-state index contributed by atoms with van der Waals surface area (Å²) >= 11 is 0. The Morgan fingerprint density at radius 1 is 1.42 bits per heavy atom. The molecule has 0 bridgehead atoms. The van der Waals surface area contributed by atoms with Crippen molar-refractivity contribution in [1.29, 1.82) is 0 Å². The highest BCUT2D eigenvalue weighted by molar-refractivity contribution is 5.75. The highest BCUT2D eigenvalue weighted by Gasteiger charge is 2.03. The largest absolute Gasteiger partial charge is 0.497 e. The number of carbonyl (C=O) groups excluding carboxylic acids is 1. The molecule has 0 atom stereocenters. The Bertz CT molecular complexity index is 396. The number of hydrogen-bond donors (Lipinski definition) is 2. The van der Waals surface area contributed by atoms with Crippen LogP contribution in [0.15, 0.2) is 24.3 Å². The minimum absolute atomic E-state index is 0.101. The molecule has 0 saturated carbocycles. The fourth-order valence-corrected chi connectivity index (χ4v) is 1.90. The predicted octanol–water partition coefficient (Wildman–Crippen LogP) is 1.29. The number of hydrazine groups is 1. The van der Waals surface area contributed by atoms with E-state index >= 15 is 0 Å². The number of unbranched alkanes of at least 4 members (excludes halogenated alkanes) is 1. The number of ether oxygens (including phenoxy) is 1. The minimum Gasteiger partial charge on any atom is -0.497 e. The molecule has 0 aromatic heterocycles. The first-order chi connectivity index (χ1) is 9.15. The van der Waals surface area contributed by atoms with Crippen molar-refractivity contribution >= 4 is 5.91 Å². The second kappa shape index (κ2) is 8.50. The van der Waals surface area contributed by atoms with Crippen LogP contribution >= 0.6 is 0 Å². The molecule has 5 heteroatoms. The number of methoxy groups -OCH3 is 1. The number of rotatable bonds is 8. The van der Waals surface area contributed by atoms with E-state index in [0.29, 0.717) is 6.42 Å². The molecule has 1 aromatic carbocycles. The molecular weight excluding hydrogens is 242 g/mol. The average Bonchev–Trinajstić information content (AvgIpc) is 2.43. The topological polar surface area (TPSA) is 67.6 Å². The maximum Gasteiger partial charge on any atom is 0.233 e. The fourth-order valence-electron chi connectivity index (χ4n) is 1.90. The van der Waals surface area contributed by atoms with Crippen LogP contribution in [0.4, 0.5) is 0 Å². The third-order valence-electron chi connectivity index (χ3n) is 2.94. The first-order valence-corrected chi connectivity index (χ1v) is 6.46. The summed E-state index contributed by atoms with van der Waals surface area (Å²) in [6.07, 6.45) is 2.32. The highest BCUT2D eigenvalue weighted by Crippen LogP contribution is 2.14. The third-order valence-corrected chi connectivity index (χ3v) is 2.94. The first-order valence-electron chi connectivity index (χ1n) is 6.46. The van der Waals surface area contributed by atoms with E-state index in [1.807, 2.05) is 18.2 Å². The summed E-state index contributed by atoms with van der Waals surface area (Å²) in [4.78, 5) is 13.2. The molecule has 0 radical (unpaired) electrons. The molecule has 1 amide bonds. The normalized spacial score (nSPS) is 10.5. The van der Waals surface area contributed by atoms with Crippen molar-refractivity contribution in [3.8, 4) is 5.75 Å². The smallest absolute Gasteiger partial charge is 0.233 e. The van der Waals surface area contributed by atoms with E-state index in [1.165, 1.54) is 5.56 Å². The van der Waals surface area contributed by atoms with Gasteiger partial charge >= 0.3 is 0 Å². The van der Waals surface area contributed by atoms with Crippen LogP contribution in [-0.2, 0) is 11.3 Å². The Morgan fingerprint density at radius 3 is 2.89 bits per heavy atom. The molecule has 0 saturated heterocycles. The molecule has 1 rings (SSSR count). The van der Waals surface area contributed by atoms with Crippen LogP contribution in [0.3, 0.4) is 0 Å². The van der Waals surface area contributed by atoms with Crippen LogP contribution in [0.1, 0.15) is 24.8 Å². The molecule has 5 nitrogen and oxygen atoms in total. The number of nitrogens with two attached hydrogens (primary N) is 1. The molecule has 3 N–H and O–H groups in total. The van der Waals surface area contributed by atoms with Crippen LogP contribution in [0.25, 0.3) is 0 Å². The van der Waals surface area contributed by atoms with Gasteiger partial charge in [0.25, 0.3) is 0 Å². The van der Waals surface area contributed by atoms with Crippen LogP contribution in [0.5, 0.6) is 5.75 Å². The van der Waals surface area contributed by atoms with Gasteiger partial charge < -0.3 is 9.64 Å². The molecule has 0 aliphatic carbocycles. The van der Waals surface area contributed by atoms with Crippen molar-refractivity contribution in [3.05, 3.63) is 29.8 Å². The second-order valence-corrected chi connectivity index (χ2v) is 4.61. The van der Waals surface area contributed by atoms with Crippen molar-refractivity contribution in [1.82, 2.24) is 10.3 Å². The van der Waals surface area contributed by atoms with Crippen molar-refractivity contribution in [2.45, 2.75) is 25.8 Å². The molecule has 0 spiro atoms. The zero-order chi connectivity index (χ0) is 14.1. The summed E-state index contributed by atoms with van der Waals surface area (Å²) in [5.74, 6) is 5.80. The molecule has 0 aliphatic heterocycles. The van der Waals surface area contributed by atoms with Crippen LogP contribution < -0.4 is 16.0 Å². The SMILES string of the molecule is COc1cccc(CN(C)CCCCC(=O)NN)c1. The van der Waals surface area contributed by atoms with Crippen molar-refractivity contribution in [3.63, 3.8) is 0 Å². The lowest BCUT2D eigenvalue weighted by Crippen LogP contribution is -2.29. The van der Waals surface area contributed by atoms with Gasteiger partial charge in [-0.05, 0) is 44.1 Å². The fraction of sp³-hybridized carbons (Fsp3) is 0.500. The maximum absolute atomic E-state index is 11.0. The average molecular weight is 265 g/mol.